The van der Waals surface area contributed by atoms with Gasteiger partial charge in [-0.05, 0) is 36.4 Å². The molecule has 0 radical (unpaired) electrons. The molecule has 5 heteroatoms. The van der Waals surface area contributed by atoms with Crippen molar-refractivity contribution in [3.63, 3.8) is 0 Å². The van der Waals surface area contributed by atoms with E-state index in [4.69, 9.17) is 15.0 Å². The van der Waals surface area contributed by atoms with Crippen LogP contribution in [0.5, 0.6) is 0 Å². The fraction of sp³-hybridized carbons (Fsp3) is 0.240. The maximum Gasteiger partial charge on any atom is 0.129 e. The van der Waals surface area contributed by atoms with E-state index < -0.39 is 16.1 Å². The van der Waals surface area contributed by atoms with E-state index >= 15 is 0 Å². The predicted molar refractivity (Wildman–Crippen MR) is 131 cm³/mol. The van der Waals surface area contributed by atoms with Gasteiger partial charge in [0.15, 0.2) is 0 Å². The minimum absolute atomic E-state index is 0.781. The fourth-order valence-corrected chi connectivity index (χ4v) is 3.52. The third-order valence-corrected chi connectivity index (χ3v) is 5.65. The standard InChI is InChI=1S/C25H27N3Si2/c1-29(2,3)18-16-20-10-7-12-22(26-20)24-14-9-15-25(28-24)23-13-8-11-21(27-23)17-19-30(4,5)6/h7-15H,1-6H3. The Morgan fingerprint density at radius 1 is 0.500 bits per heavy atom. The molecule has 0 atom stereocenters. The summed E-state index contributed by atoms with van der Waals surface area (Å²) in [6.45, 7) is 13.4. The summed E-state index contributed by atoms with van der Waals surface area (Å²) in [5.74, 6) is 6.45. The Labute approximate surface area is 182 Å². The quantitative estimate of drug-likeness (QED) is 0.392. The Hall–Kier alpha value is -3.00. The Morgan fingerprint density at radius 3 is 1.20 bits per heavy atom. The van der Waals surface area contributed by atoms with Crippen LogP contribution >= 0.6 is 0 Å². The number of pyridine rings is 3. The van der Waals surface area contributed by atoms with Crippen molar-refractivity contribution in [3.8, 4) is 45.7 Å². The molecule has 0 unspecified atom stereocenters. The van der Waals surface area contributed by atoms with Gasteiger partial charge in [-0.25, -0.2) is 15.0 Å². The topological polar surface area (TPSA) is 38.7 Å². The smallest absolute Gasteiger partial charge is 0.129 e. The lowest BCUT2D eigenvalue weighted by molar-refractivity contribution is 1.20. The lowest BCUT2D eigenvalue weighted by atomic mass is 10.2. The van der Waals surface area contributed by atoms with Gasteiger partial charge in [0.05, 0.1) is 22.8 Å². The molecule has 0 N–H and O–H groups in total. The number of nitrogens with zero attached hydrogens (tertiary/aromatic N) is 3. The molecule has 0 aliphatic rings. The summed E-state index contributed by atoms with van der Waals surface area (Å²) in [5, 5.41) is 0. The third-order valence-electron chi connectivity index (χ3n) is 3.90. The highest BCUT2D eigenvalue weighted by molar-refractivity contribution is 6.84. The van der Waals surface area contributed by atoms with E-state index in [0.717, 1.165) is 34.2 Å². The van der Waals surface area contributed by atoms with E-state index in [2.05, 4.69) is 62.2 Å². The summed E-state index contributed by atoms with van der Waals surface area (Å²) in [5.41, 5.74) is 11.5. The SMILES string of the molecule is C[Si](C)(C)C#Cc1cccc(-c2cccc(-c3cccc(C#C[Si](C)(C)C)n3)n2)n1. The van der Waals surface area contributed by atoms with Crippen molar-refractivity contribution < 1.29 is 0 Å². The van der Waals surface area contributed by atoms with Crippen LogP contribution in [0.4, 0.5) is 0 Å². The van der Waals surface area contributed by atoms with Gasteiger partial charge in [-0.2, -0.15) is 0 Å². The van der Waals surface area contributed by atoms with Crippen LogP contribution in [-0.2, 0) is 0 Å². The zero-order valence-corrected chi connectivity index (χ0v) is 20.5. The van der Waals surface area contributed by atoms with Crippen molar-refractivity contribution in [1.29, 1.82) is 0 Å². The van der Waals surface area contributed by atoms with Crippen molar-refractivity contribution >= 4 is 16.1 Å². The second-order valence-electron chi connectivity index (χ2n) is 9.22. The largest absolute Gasteiger partial charge is 0.245 e. The molecule has 0 amide bonds. The summed E-state index contributed by atoms with van der Waals surface area (Å²) < 4.78 is 0. The van der Waals surface area contributed by atoms with Crippen LogP contribution in [-0.4, -0.2) is 31.1 Å². The van der Waals surface area contributed by atoms with E-state index in [1.54, 1.807) is 0 Å². The zero-order valence-electron chi connectivity index (χ0n) is 18.5. The first-order chi connectivity index (χ1) is 14.1. The zero-order chi connectivity index (χ0) is 21.8. The minimum atomic E-state index is -1.45. The van der Waals surface area contributed by atoms with Crippen molar-refractivity contribution in [2.24, 2.45) is 0 Å². The maximum absolute atomic E-state index is 4.81. The summed E-state index contributed by atoms with van der Waals surface area (Å²) in [4.78, 5) is 14.2. The highest BCUT2D eigenvalue weighted by Gasteiger charge is 2.10. The van der Waals surface area contributed by atoms with E-state index in [0.29, 0.717) is 0 Å². The molecule has 0 spiro atoms. The summed E-state index contributed by atoms with van der Waals surface area (Å²) in [7, 11) is -2.90. The van der Waals surface area contributed by atoms with Crippen LogP contribution in [0.2, 0.25) is 39.3 Å². The second-order valence-corrected chi connectivity index (χ2v) is 18.7. The van der Waals surface area contributed by atoms with Crippen LogP contribution in [0.25, 0.3) is 22.8 Å². The maximum atomic E-state index is 4.81. The van der Waals surface area contributed by atoms with Gasteiger partial charge in [0, 0.05) is 0 Å². The number of aromatic nitrogens is 3. The van der Waals surface area contributed by atoms with Crippen LogP contribution in [0.15, 0.2) is 54.6 Å². The Bertz CT molecular complexity index is 1090. The van der Waals surface area contributed by atoms with Crippen molar-refractivity contribution in [3.05, 3.63) is 66.0 Å². The fourth-order valence-electron chi connectivity index (χ4n) is 2.52. The van der Waals surface area contributed by atoms with E-state index in [1.807, 2.05) is 54.6 Å². The molecule has 0 saturated carbocycles. The average molecular weight is 426 g/mol. The molecule has 30 heavy (non-hydrogen) atoms. The van der Waals surface area contributed by atoms with Crippen LogP contribution in [0.1, 0.15) is 11.4 Å². The van der Waals surface area contributed by atoms with E-state index in [-0.39, 0.29) is 0 Å². The first-order valence-electron chi connectivity index (χ1n) is 10.1. The molecular weight excluding hydrogens is 398 g/mol. The summed E-state index contributed by atoms with van der Waals surface area (Å²) >= 11 is 0. The van der Waals surface area contributed by atoms with Crippen molar-refractivity contribution in [1.82, 2.24) is 15.0 Å². The molecule has 0 aliphatic heterocycles. The van der Waals surface area contributed by atoms with Crippen molar-refractivity contribution in [2.45, 2.75) is 39.3 Å². The molecule has 0 aliphatic carbocycles. The molecule has 0 aromatic carbocycles. The molecule has 0 bridgehead atoms. The first kappa shape index (κ1) is 21.7. The normalized spacial score (nSPS) is 11.1. The highest BCUT2D eigenvalue weighted by Crippen LogP contribution is 2.20. The van der Waals surface area contributed by atoms with Gasteiger partial charge in [0.2, 0.25) is 0 Å². The summed E-state index contributed by atoms with van der Waals surface area (Å²) in [6, 6.07) is 17.7. The number of hydrogen-bond donors (Lipinski definition) is 0. The minimum Gasteiger partial charge on any atom is -0.245 e. The molecule has 150 valence electrons. The molecule has 3 rings (SSSR count). The van der Waals surface area contributed by atoms with Gasteiger partial charge >= 0.3 is 0 Å². The van der Waals surface area contributed by atoms with E-state index in [9.17, 15) is 0 Å². The monoisotopic (exact) mass is 425 g/mol. The Balaban J connectivity index is 1.94. The molecule has 3 heterocycles. The van der Waals surface area contributed by atoms with Crippen LogP contribution in [0, 0.1) is 22.9 Å². The van der Waals surface area contributed by atoms with Crippen LogP contribution in [0.3, 0.4) is 0 Å². The average Bonchev–Trinajstić information content (AvgIpc) is 2.70. The lowest BCUT2D eigenvalue weighted by Crippen LogP contribution is -2.16. The Kier molecular flexibility index (Phi) is 6.36. The molecule has 3 nitrogen and oxygen atoms in total. The lowest BCUT2D eigenvalue weighted by Gasteiger charge is -2.06. The molecule has 3 aromatic rings. The molecule has 3 aromatic heterocycles. The van der Waals surface area contributed by atoms with Gasteiger partial charge in [0.1, 0.15) is 27.5 Å². The number of rotatable bonds is 2. The molecule has 0 saturated heterocycles. The van der Waals surface area contributed by atoms with Gasteiger partial charge in [-0.15, -0.1) is 11.1 Å². The van der Waals surface area contributed by atoms with Crippen LogP contribution < -0.4 is 0 Å². The predicted octanol–water partition coefficient (Wildman–Crippen LogP) is 5.66. The molecule has 0 fully saturated rings. The Morgan fingerprint density at radius 2 is 0.833 bits per heavy atom. The molecular formula is C25H27N3Si2. The van der Waals surface area contributed by atoms with Crippen molar-refractivity contribution in [2.75, 3.05) is 0 Å². The first-order valence-corrected chi connectivity index (χ1v) is 17.1. The number of hydrogen-bond acceptors (Lipinski definition) is 3. The van der Waals surface area contributed by atoms with Gasteiger partial charge in [0.25, 0.3) is 0 Å². The van der Waals surface area contributed by atoms with Gasteiger partial charge in [-0.3, -0.25) is 0 Å². The third kappa shape index (κ3) is 6.52. The summed E-state index contributed by atoms with van der Waals surface area (Å²) in [6.07, 6.45) is 0. The van der Waals surface area contributed by atoms with Gasteiger partial charge in [-0.1, -0.05) is 69.3 Å². The second kappa shape index (κ2) is 8.79. The van der Waals surface area contributed by atoms with E-state index in [1.165, 1.54) is 0 Å². The highest BCUT2D eigenvalue weighted by atomic mass is 28.3. The van der Waals surface area contributed by atoms with Gasteiger partial charge < -0.3 is 0 Å².